The molecule has 1 amide bonds. The molecule has 1 saturated heterocycles. The number of hydrogen-bond donors (Lipinski definition) is 3. The number of halogens is 2. The standard InChI is InChI=1S/C12H11I2NO5/c13-5-1-7(10(17)8(14)2-5)11(18)15-4-6(16)3-9(15)12(19)20/h1-2,6,9,16-17H,3-4H2,(H,19,20)/t6-,9+/m1/s1. The number of carbonyl (C=O) groups excluding carboxylic acids is 1. The number of amides is 1. The molecule has 2 rings (SSSR count). The van der Waals surface area contributed by atoms with Gasteiger partial charge in [0.05, 0.1) is 15.2 Å². The Morgan fingerprint density at radius 2 is 1.95 bits per heavy atom. The summed E-state index contributed by atoms with van der Waals surface area (Å²) in [7, 11) is 0. The van der Waals surface area contributed by atoms with Crippen molar-refractivity contribution in [1.29, 1.82) is 0 Å². The molecule has 2 atom stereocenters. The maximum absolute atomic E-state index is 12.4. The molecular formula is C12H11I2NO5. The van der Waals surface area contributed by atoms with Gasteiger partial charge in [-0.15, -0.1) is 0 Å². The van der Waals surface area contributed by atoms with Crippen LogP contribution in [0, 0.1) is 7.14 Å². The van der Waals surface area contributed by atoms with Crippen molar-refractivity contribution in [3.8, 4) is 5.75 Å². The number of rotatable bonds is 2. The maximum Gasteiger partial charge on any atom is 0.326 e. The largest absolute Gasteiger partial charge is 0.506 e. The molecule has 0 aromatic heterocycles. The second-order valence-corrected chi connectivity index (χ2v) is 6.89. The molecule has 8 heteroatoms. The molecule has 1 aromatic rings. The lowest BCUT2D eigenvalue weighted by Gasteiger charge is -2.22. The normalized spacial score (nSPS) is 22.1. The van der Waals surface area contributed by atoms with Crippen molar-refractivity contribution in [2.24, 2.45) is 0 Å². The molecule has 1 aliphatic heterocycles. The third-order valence-electron chi connectivity index (χ3n) is 3.08. The quantitative estimate of drug-likeness (QED) is 0.529. The number of likely N-dealkylation sites (tertiary alicyclic amines) is 1. The zero-order chi connectivity index (χ0) is 15.0. The lowest BCUT2D eigenvalue weighted by molar-refractivity contribution is -0.141. The fourth-order valence-electron chi connectivity index (χ4n) is 2.16. The van der Waals surface area contributed by atoms with Gasteiger partial charge < -0.3 is 20.2 Å². The van der Waals surface area contributed by atoms with E-state index in [1.165, 1.54) is 6.07 Å². The topological polar surface area (TPSA) is 98.1 Å². The van der Waals surface area contributed by atoms with Crippen molar-refractivity contribution in [2.45, 2.75) is 18.6 Å². The second-order valence-electron chi connectivity index (χ2n) is 4.48. The summed E-state index contributed by atoms with van der Waals surface area (Å²) in [6.45, 7) is -0.0444. The van der Waals surface area contributed by atoms with Crippen LogP contribution in [0.25, 0.3) is 0 Å². The van der Waals surface area contributed by atoms with E-state index in [1.54, 1.807) is 6.07 Å². The number of carboxylic acid groups (broad SMARTS) is 1. The number of aliphatic carboxylic acids is 1. The Hall–Kier alpha value is -0.620. The molecule has 20 heavy (non-hydrogen) atoms. The van der Waals surface area contributed by atoms with E-state index in [-0.39, 0.29) is 24.3 Å². The molecule has 1 heterocycles. The SMILES string of the molecule is O=C(O)[C@@H]1C[C@@H](O)CN1C(=O)c1cc(I)cc(I)c1O. The van der Waals surface area contributed by atoms with Gasteiger partial charge in [0, 0.05) is 16.5 Å². The van der Waals surface area contributed by atoms with Gasteiger partial charge in [0.25, 0.3) is 5.91 Å². The van der Waals surface area contributed by atoms with Crippen molar-refractivity contribution in [3.63, 3.8) is 0 Å². The number of aliphatic hydroxyl groups is 1. The fraction of sp³-hybridized carbons (Fsp3) is 0.333. The summed E-state index contributed by atoms with van der Waals surface area (Å²) in [6, 6.07) is 2.15. The average molecular weight is 503 g/mol. The molecule has 0 unspecified atom stereocenters. The number of β-amino-alcohol motifs (C(OH)–C–C–N with tert-alkyl or cyclic N) is 1. The van der Waals surface area contributed by atoms with Gasteiger partial charge in [0.2, 0.25) is 0 Å². The highest BCUT2D eigenvalue weighted by molar-refractivity contribution is 14.1. The maximum atomic E-state index is 12.4. The van der Waals surface area contributed by atoms with E-state index in [2.05, 4.69) is 0 Å². The molecule has 3 N–H and O–H groups in total. The van der Waals surface area contributed by atoms with Crippen LogP contribution in [0.4, 0.5) is 0 Å². The monoisotopic (exact) mass is 503 g/mol. The van der Waals surface area contributed by atoms with Gasteiger partial charge in [-0.3, -0.25) is 4.79 Å². The Bertz CT molecular complexity index is 577. The lowest BCUT2D eigenvalue weighted by atomic mass is 10.1. The van der Waals surface area contributed by atoms with Crippen LogP contribution < -0.4 is 0 Å². The predicted octanol–water partition coefficient (Wildman–Crippen LogP) is 1.26. The zero-order valence-corrected chi connectivity index (χ0v) is 14.4. The number of phenols is 1. The summed E-state index contributed by atoms with van der Waals surface area (Å²) in [5.74, 6) is -1.90. The van der Waals surface area contributed by atoms with Crippen LogP contribution in [0.2, 0.25) is 0 Å². The number of aliphatic hydroxyl groups excluding tert-OH is 1. The summed E-state index contributed by atoms with van der Waals surface area (Å²) in [5.41, 5.74) is 0.0571. The predicted molar refractivity (Wildman–Crippen MR) is 86.6 cm³/mol. The molecule has 0 radical (unpaired) electrons. The highest BCUT2D eigenvalue weighted by atomic mass is 127. The summed E-state index contributed by atoms with van der Waals surface area (Å²) in [4.78, 5) is 24.7. The number of benzene rings is 1. The van der Waals surface area contributed by atoms with Crippen molar-refractivity contribution in [3.05, 3.63) is 24.8 Å². The summed E-state index contributed by atoms with van der Waals surface area (Å²) in [5, 5.41) is 28.7. The highest BCUT2D eigenvalue weighted by Crippen LogP contribution is 2.30. The van der Waals surface area contributed by atoms with Gasteiger partial charge in [-0.1, -0.05) is 0 Å². The summed E-state index contributed by atoms with van der Waals surface area (Å²) in [6.07, 6.45) is -0.855. The Morgan fingerprint density at radius 3 is 2.55 bits per heavy atom. The van der Waals surface area contributed by atoms with Crippen LogP contribution in [0.5, 0.6) is 5.75 Å². The van der Waals surface area contributed by atoms with E-state index >= 15 is 0 Å². The minimum absolute atomic E-state index is 0.00283. The third-order valence-corrected chi connectivity index (χ3v) is 4.53. The molecule has 1 fully saturated rings. The minimum Gasteiger partial charge on any atom is -0.506 e. The van der Waals surface area contributed by atoms with Gasteiger partial charge >= 0.3 is 5.97 Å². The van der Waals surface area contributed by atoms with Gasteiger partial charge in [0.15, 0.2) is 0 Å². The van der Waals surface area contributed by atoms with Crippen LogP contribution in [0.1, 0.15) is 16.8 Å². The summed E-state index contributed by atoms with van der Waals surface area (Å²) < 4.78 is 1.28. The number of aromatic hydroxyl groups is 1. The van der Waals surface area contributed by atoms with E-state index in [0.29, 0.717) is 3.57 Å². The molecular weight excluding hydrogens is 492 g/mol. The summed E-state index contributed by atoms with van der Waals surface area (Å²) >= 11 is 3.92. The molecule has 0 bridgehead atoms. The van der Waals surface area contributed by atoms with Crippen molar-refractivity contribution < 1.29 is 24.9 Å². The van der Waals surface area contributed by atoms with Gasteiger partial charge in [-0.05, 0) is 57.3 Å². The lowest BCUT2D eigenvalue weighted by Crippen LogP contribution is -2.40. The first-order valence-corrected chi connectivity index (χ1v) is 7.87. The molecule has 1 aliphatic rings. The molecule has 6 nitrogen and oxygen atoms in total. The molecule has 0 spiro atoms. The Morgan fingerprint density at radius 1 is 1.30 bits per heavy atom. The molecule has 108 valence electrons. The number of hydrogen-bond acceptors (Lipinski definition) is 4. The van der Waals surface area contributed by atoms with Crippen LogP contribution in [-0.4, -0.2) is 50.8 Å². The van der Waals surface area contributed by atoms with E-state index in [0.717, 1.165) is 8.47 Å². The molecule has 0 aliphatic carbocycles. The average Bonchev–Trinajstić information content (AvgIpc) is 2.75. The van der Waals surface area contributed by atoms with Crippen molar-refractivity contribution in [2.75, 3.05) is 6.54 Å². The van der Waals surface area contributed by atoms with Crippen LogP contribution in [0.15, 0.2) is 12.1 Å². The Labute approximate surface area is 142 Å². The Balaban J connectivity index is 2.38. The van der Waals surface area contributed by atoms with Gasteiger partial charge in [-0.2, -0.15) is 0 Å². The van der Waals surface area contributed by atoms with Crippen LogP contribution >= 0.6 is 45.2 Å². The first-order chi connectivity index (χ1) is 9.31. The first-order valence-electron chi connectivity index (χ1n) is 5.71. The van der Waals surface area contributed by atoms with E-state index in [1.807, 2.05) is 45.2 Å². The fourth-order valence-corrected chi connectivity index (χ4v) is 4.00. The van der Waals surface area contributed by atoms with Crippen LogP contribution in [0.3, 0.4) is 0 Å². The van der Waals surface area contributed by atoms with Gasteiger partial charge in [0.1, 0.15) is 11.8 Å². The molecule has 0 saturated carbocycles. The van der Waals surface area contributed by atoms with Crippen molar-refractivity contribution >= 4 is 57.1 Å². The minimum atomic E-state index is -1.16. The zero-order valence-electron chi connectivity index (χ0n) is 10.1. The first kappa shape index (κ1) is 15.8. The van der Waals surface area contributed by atoms with Crippen LogP contribution in [-0.2, 0) is 4.79 Å². The number of carboxylic acids is 1. The number of carbonyl (C=O) groups is 2. The highest BCUT2D eigenvalue weighted by Gasteiger charge is 2.40. The van der Waals surface area contributed by atoms with Gasteiger partial charge in [-0.25, -0.2) is 4.79 Å². The smallest absolute Gasteiger partial charge is 0.326 e. The van der Waals surface area contributed by atoms with E-state index < -0.39 is 24.0 Å². The molecule has 1 aromatic carbocycles. The van der Waals surface area contributed by atoms with E-state index in [9.17, 15) is 19.8 Å². The second kappa shape index (κ2) is 6.02. The number of nitrogens with zero attached hydrogens (tertiary/aromatic N) is 1. The Kier molecular flexibility index (Phi) is 4.74. The third kappa shape index (κ3) is 3.01. The van der Waals surface area contributed by atoms with Crippen molar-refractivity contribution in [1.82, 2.24) is 4.90 Å². The number of phenolic OH excluding ortho intramolecular Hbond substituents is 1. The van der Waals surface area contributed by atoms with E-state index in [4.69, 9.17) is 5.11 Å².